The van der Waals surface area contributed by atoms with Crippen molar-refractivity contribution in [3.63, 3.8) is 0 Å². The molecule has 2 atom stereocenters. The van der Waals surface area contributed by atoms with Crippen molar-refractivity contribution in [2.24, 2.45) is 0 Å². The number of ether oxygens (including phenoxy) is 1. The van der Waals surface area contributed by atoms with Gasteiger partial charge >= 0.3 is 12.1 Å². The van der Waals surface area contributed by atoms with Crippen LogP contribution in [0.1, 0.15) is 20.3 Å². The highest BCUT2D eigenvalue weighted by atomic mass is 35.5. The zero-order valence-electron chi connectivity index (χ0n) is 9.85. The van der Waals surface area contributed by atoms with Crippen LogP contribution in [0.5, 0.6) is 0 Å². The van der Waals surface area contributed by atoms with Crippen molar-refractivity contribution >= 4 is 23.7 Å². The van der Waals surface area contributed by atoms with Crippen LogP contribution in [0.25, 0.3) is 0 Å². The monoisotopic (exact) mass is 261 g/mol. The van der Waals surface area contributed by atoms with Gasteiger partial charge in [-0.15, -0.1) is 11.6 Å². The Kier molecular flexibility index (Phi) is 4.81. The van der Waals surface area contributed by atoms with E-state index in [1.165, 1.54) is 4.90 Å². The Labute approximate surface area is 105 Å². The van der Waals surface area contributed by atoms with Crippen molar-refractivity contribution in [3.8, 4) is 0 Å². The molecule has 2 unspecified atom stereocenters. The zero-order valence-corrected chi connectivity index (χ0v) is 10.6. The van der Waals surface area contributed by atoms with E-state index in [0.29, 0.717) is 18.5 Å². The van der Waals surface area contributed by atoms with Crippen LogP contribution in [0.15, 0.2) is 11.6 Å². The van der Waals surface area contributed by atoms with E-state index in [2.05, 4.69) is 0 Å². The number of carboxylic acid groups (broad SMARTS) is 1. The molecular formula is C11H16ClNO4. The fraction of sp³-hybridized carbons (Fsp3) is 0.636. The number of amides is 1. The Hall–Kier alpha value is -1.23. The van der Waals surface area contributed by atoms with E-state index in [0.717, 1.165) is 0 Å². The van der Waals surface area contributed by atoms with E-state index < -0.39 is 12.1 Å². The minimum absolute atomic E-state index is 0.227. The molecule has 1 N–H and O–H groups in total. The van der Waals surface area contributed by atoms with Crippen LogP contribution >= 0.6 is 11.6 Å². The number of alkyl halides is 1. The fourth-order valence-corrected chi connectivity index (χ4v) is 1.42. The van der Waals surface area contributed by atoms with Gasteiger partial charge in [-0.2, -0.15) is 0 Å². The maximum Gasteiger partial charge on any atom is 0.407 e. The quantitative estimate of drug-likeness (QED) is 0.622. The van der Waals surface area contributed by atoms with Gasteiger partial charge in [-0.1, -0.05) is 6.08 Å². The molecule has 0 spiro atoms. The zero-order chi connectivity index (χ0) is 13.0. The molecule has 0 fully saturated rings. The molecule has 0 aromatic rings. The number of carbonyl (C=O) groups is 2. The summed E-state index contributed by atoms with van der Waals surface area (Å²) in [6.45, 7) is 4.02. The Balaban J connectivity index is 2.52. The predicted molar refractivity (Wildman–Crippen MR) is 63.2 cm³/mol. The van der Waals surface area contributed by atoms with E-state index in [9.17, 15) is 9.59 Å². The van der Waals surface area contributed by atoms with Crippen molar-refractivity contribution in [1.82, 2.24) is 4.90 Å². The van der Waals surface area contributed by atoms with Crippen LogP contribution in [0.3, 0.4) is 0 Å². The first-order chi connectivity index (χ1) is 7.91. The summed E-state index contributed by atoms with van der Waals surface area (Å²) in [5, 5.41) is 8.49. The van der Waals surface area contributed by atoms with Crippen molar-refractivity contribution in [1.29, 1.82) is 0 Å². The lowest BCUT2D eigenvalue weighted by molar-refractivity contribution is -0.143. The first-order valence-corrected chi connectivity index (χ1v) is 5.87. The number of esters is 1. The minimum atomic E-state index is -0.976. The summed E-state index contributed by atoms with van der Waals surface area (Å²) < 4.78 is 5.14. The van der Waals surface area contributed by atoms with E-state index in [1.54, 1.807) is 19.9 Å². The van der Waals surface area contributed by atoms with E-state index >= 15 is 0 Å². The summed E-state index contributed by atoms with van der Waals surface area (Å²) in [5.41, 5.74) is 0.520. The predicted octanol–water partition coefficient (Wildman–Crippen LogP) is 1.86. The number of nitrogens with zero attached hydrogens (tertiary/aromatic N) is 1. The van der Waals surface area contributed by atoms with Crippen LogP contribution in [0.2, 0.25) is 0 Å². The molecule has 0 aromatic heterocycles. The second-order valence-electron chi connectivity index (χ2n) is 4.00. The Morgan fingerprint density at radius 3 is 2.59 bits per heavy atom. The van der Waals surface area contributed by atoms with Crippen molar-refractivity contribution in [2.75, 3.05) is 13.1 Å². The lowest BCUT2D eigenvalue weighted by Crippen LogP contribution is -2.35. The molecule has 1 rings (SSSR count). The first-order valence-electron chi connectivity index (χ1n) is 5.43. The van der Waals surface area contributed by atoms with Gasteiger partial charge in [0.1, 0.15) is 6.10 Å². The fourth-order valence-electron chi connectivity index (χ4n) is 1.37. The molecule has 5 nitrogen and oxygen atoms in total. The molecular weight excluding hydrogens is 246 g/mol. The van der Waals surface area contributed by atoms with Crippen LogP contribution in [-0.2, 0) is 9.53 Å². The Morgan fingerprint density at radius 2 is 2.18 bits per heavy atom. The summed E-state index contributed by atoms with van der Waals surface area (Å²) >= 11 is 5.79. The molecule has 96 valence electrons. The van der Waals surface area contributed by atoms with Crippen LogP contribution < -0.4 is 0 Å². The topological polar surface area (TPSA) is 66.8 Å². The first kappa shape index (κ1) is 13.8. The summed E-state index contributed by atoms with van der Waals surface area (Å²) in [5.74, 6) is -0.407. The van der Waals surface area contributed by atoms with Crippen molar-refractivity contribution < 1.29 is 19.4 Å². The average Bonchev–Trinajstić information content (AvgIpc) is 2.28. The molecule has 6 heteroatoms. The normalized spacial score (nSPS) is 19.2. The Bertz CT molecular complexity index is 340. The Morgan fingerprint density at radius 1 is 1.53 bits per heavy atom. The number of hydrogen-bond donors (Lipinski definition) is 1. The molecule has 0 radical (unpaired) electrons. The van der Waals surface area contributed by atoms with Gasteiger partial charge in [0.2, 0.25) is 0 Å². The van der Waals surface area contributed by atoms with Gasteiger partial charge in [0.15, 0.2) is 0 Å². The highest BCUT2D eigenvalue weighted by Gasteiger charge is 2.23. The van der Waals surface area contributed by atoms with E-state index in [4.69, 9.17) is 21.4 Å². The third kappa shape index (κ3) is 3.93. The van der Waals surface area contributed by atoms with Gasteiger partial charge in [-0.05, 0) is 20.3 Å². The molecule has 1 aliphatic rings. The molecule has 0 aliphatic carbocycles. The average molecular weight is 262 g/mol. The highest BCUT2D eigenvalue weighted by molar-refractivity contribution is 6.20. The highest BCUT2D eigenvalue weighted by Crippen LogP contribution is 2.15. The third-order valence-electron chi connectivity index (χ3n) is 2.68. The molecule has 1 amide bonds. The van der Waals surface area contributed by atoms with Crippen molar-refractivity contribution in [3.05, 3.63) is 11.6 Å². The maximum absolute atomic E-state index is 11.7. The van der Waals surface area contributed by atoms with E-state index in [-0.39, 0.29) is 18.0 Å². The molecule has 1 aliphatic heterocycles. The maximum atomic E-state index is 11.7. The van der Waals surface area contributed by atoms with Gasteiger partial charge in [0.05, 0.1) is 5.38 Å². The smallest absolute Gasteiger partial charge is 0.407 e. The molecule has 0 bridgehead atoms. The number of hydrogen-bond acceptors (Lipinski definition) is 3. The van der Waals surface area contributed by atoms with Crippen LogP contribution in [0, 0.1) is 0 Å². The lowest BCUT2D eigenvalue weighted by Gasteiger charge is -2.24. The van der Waals surface area contributed by atoms with Gasteiger partial charge in [-0.3, -0.25) is 0 Å². The van der Waals surface area contributed by atoms with Gasteiger partial charge in [0, 0.05) is 18.7 Å². The summed E-state index contributed by atoms with van der Waals surface area (Å²) in [4.78, 5) is 23.6. The van der Waals surface area contributed by atoms with Crippen LogP contribution in [-0.4, -0.2) is 46.6 Å². The summed E-state index contributed by atoms with van der Waals surface area (Å²) in [6.07, 6.45) is 0.638. The number of halogens is 1. The number of rotatable bonds is 3. The van der Waals surface area contributed by atoms with E-state index in [1.807, 2.05) is 0 Å². The number of carbonyl (C=O) groups excluding carboxylic acids is 1. The third-order valence-corrected chi connectivity index (χ3v) is 3.04. The van der Waals surface area contributed by atoms with Gasteiger partial charge in [-0.25, -0.2) is 9.59 Å². The van der Waals surface area contributed by atoms with Gasteiger partial charge in [0.25, 0.3) is 0 Å². The summed E-state index contributed by atoms with van der Waals surface area (Å²) in [6, 6.07) is 0. The molecule has 1 heterocycles. The standard InChI is InChI=1S/C11H16ClNO4/c1-7(12)8(2)17-10(14)9-3-5-13(6-4-9)11(15)16/h3,7-8H,4-6H2,1-2H3,(H,15,16). The van der Waals surface area contributed by atoms with Crippen LogP contribution in [0.4, 0.5) is 4.79 Å². The minimum Gasteiger partial charge on any atom is -0.465 e. The van der Waals surface area contributed by atoms with Gasteiger partial charge < -0.3 is 14.7 Å². The SMILES string of the molecule is CC(Cl)C(C)OC(=O)C1=CCN(C(=O)O)CC1. The second-order valence-corrected chi connectivity index (χ2v) is 4.68. The largest absolute Gasteiger partial charge is 0.465 e. The molecule has 0 saturated carbocycles. The second kappa shape index (κ2) is 5.91. The molecule has 0 saturated heterocycles. The molecule has 17 heavy (non-hydrogen) atoms. The molecule has 0 aromatic carbocycles. The lowest BCUT2D eigenvalue weighted by atomic mass is 10.1. The summed E-state index contributed by atoms with van der Waals surface area (Å²) in [7, 11) is 0. The van der Waals surface area contributed by atoms with Crippen molar-refractivity contribution in [2.45, 2.75) is 31.7 Å².